The molecular formula is C30H25Cl2N3O4S2. The third-order valence-corrected chi connectivity index (χ3v) is 9.09. The third kappa shape index (κ3) is 6.43. The number of nitrogens with zero attached hydrogens (tertiary/aromatic N) is 3. The van der Waals surface area contributed by atoms with E-state index in [0.29, 0.717) is 43.6 Å². The Morgan fingerprint density at radius 2 is 1.85 bits per heavy atom. The van der Waals surface area contributed by atoms with Crippen molar-refractivity contribution in [2.45, 2.75) is 35.9 Å². The maximum Gasteiger partial charge on any atom is 0.301 e. The highest BCUT2D eigenvalue weighted by molar-refractivity contribution is 8.00. The van der Waals surface area contributed by atoms with Crippen LogP contribution in [-0.4, -0.2) is 33.6 Å². The lowest BCUT2D eigenvalue weighted by atomic mass is 9.95. The van der Waals surface area contributed by atoms with E-state index in [4.69, 9.17) is 27.9 Å². The number of carbonyl (C=O) groups excluding carboxylic acids is 2. The first-order valence-electron chi connectivity index (χ1n) is 12.9. The molecule has 0 radical (unpaired) electrons. The van der Waals surface area contributed by atoms with Crippen molar-refractivity contribution in [3.63, 3.8) is 0 Å². The molecule has 1 N–H and O–H groups in total. The minimum atomic E-state index is -0.929. The van der Waals surface area contributed by atoms with Gasteiger partial charge < -0.3 is 9.84 Å². The normalized spacial score (nSPS) is 16.4. The van der Waals surface area contributed by atoms with Crippen LogP contribution in [-0.2, 0) is 15.3 Å². The number of ether oxygens (including phenoxy) is 1. The Bertz CT molecular complexity index is 1610. The van der Waals surface area contributed by atoms with Gasteiger partial charge in [-0.05, 0) is 41.8 Å². The van der Waals surface area contributed by atoms with Gasteiger partial charge in [0.2, 0.25) is 5.13 Å². The zero-order valence-electron chi connectivity index (χ0n) is 21.9. The molecule has 210 valence electrons. The quantitative estimate of drug-likeness (QED) is 0.0477. The van der Waals surface area contributed by atoms with Crippen LogP contribution in [0.5, 0.6) is 5.75 Å². The zero-order chi connectivity index (χ0) is 28.9. The summed E-state index contributed by atoms with van der Waals surface area (Å²) >= 11 is 14.9. The van der Waals surface area contributed by atoms with E-state index in [-0.39, 0.29) is 16.5 Å². The van der Waals surface area contributed by atoms with Crippen LogP contribution in [0.3, 0.4) is 0 Å². The molecule has 1 aliphatic rings. The van der Waals surface area contributed by atoms with Gasteiger partial charge in [-0.25, -0.2) is 0 Å². The van der Waals surface area contributed by atoms with Gasteiger partial charge in [0.15, 0.2) is 4.34 Å². The number of hydrogen-bond acceptors (Lipinski definition) is 8. The monoisotopic (exact) mass is 625 g/mol. The number of halogens is 2. The Labute approximate surface area is 255 Å². The van der Waals surface area contributed by atoms with Crippen LogP contribution >= 0.6 is 46.3 Å². The molecule has 1 fully saturated rings. The first-order chi connectivity index (χ1) is 19.9. The highest BCUT2D eigenvalue weighted by atomic mass is 35.5. The largest absolute Gasteiger partial charge is 0.507 e. The van der Waals surface area contributed by atoms with Crippen molar-refractivity contribution >= 4 is 68.9 Å². The number of unbranched alkanes of at least 4 members (excludes halogenated alkanes) is 1. The number of carbonyl (C=O) groups is 2. The predicted molar refractivity (Wildman–Crippen MR) is 164 cm³/mol. The number of benzene rings is 3. The molecule has 1 saturated heterocycles. The van der Waals surface area contributed by atoms with Crippen LogP contribution in [0.2, 0.25) is 10.0 Å². The molecule has 5 rings (SSSR count). The molecule has 1 amide bonds. The van der Waals surface area contributed by atoms with Gasteiger partial charge in [-0.1, -0.05) is 108 Å². The van der Waals surface area contributed by atoms with Crippen molar-refractivity contribution in [2.24, 2.45) is 0 Å². The van der Waals surface area contributed by atoms with Gasteiger partial charge >= 0.3 is 5.91 Å². The summed E-state index contributed by atoms with van der Waals surface area (Å²) in [5.41, 5.74) is 1.89. The number of rotatable bonds is 10. The number of thioether (sulfide) groups is 1. The van der Waals surface area contributed by atoms with Gasteiger partial charge in [0.25, 0.3) is 5.78 Å². The summed E-state index contributed by atoms with van der Waals surface area (Å²) in [5, 5.41) is 21.2. The molecule has 1 aliphatic heterocycles. The lowest BCUT2D eigenvalue weighted by molar-refractivity contribution is -0.132. The summed E-state index contributed by atoms with van der Waals surface area (Å²) < 4.78 is 6.49. The summed E-state index contributed by atoms with van der Waals surface area (Å²) in [4.78, 5) is 28.3. The molecule has 41 heavy (non-hydrogen) atoms. The van der Waals surface area contributed by atoms with Gasteiger partial charge in [0, 0.05) is 21.4 Å². The molecular weight excluding hydrogens is 601 g/mol. The summed E-state index contributed by atoms with van der Waals surface area (Å²) in [6.45, 7) is 2.62. The molecule has 0 saturated carbocycles. The fourth-order valence-corrected chi connectivity index (χ4v) is 6.77. The highest BCUT2D eigenvalue weighted by Gasteiger charge is 2.48. The molecule has 1 aromatic heterocycles. The molecule has 0 bridgehead atoms. The van der Waals surface area contributed by atoms with Crippen LogP contribution in [0.15, 0.2) is 82.7 Å². The van der Waals surface area contributed by atoms with E-state index in [0.717, 1.165) is 18.4 Å². The minimum Gasteiger partial charge on any atom is -0.507 e. The van der Waals surface area contributed by atoms with E-state index in [2.05, 4.69) is 17.1 Å². The van der Waals surface area contributed by atoms with Gasteiger partial charge in [-0.2, -0.15) is 0 Å². The minimum absolute atomic E-state index is 0.0238. The number of amides is 1. The molecule has 1 unspecified atom stereocenters. The Kier molecular flexibility index (Phi) is 9.29. The van der Waals surface area contributed by atoms with Crippen molar-refractivity contribution in [2.75, 3.05) is 11.5 Å². The number of aliphatic hydroxyl groups excluding tert-OH is 1. The number of hydrogen-bond donors (Lipinski definition) is 1. The third-order valence-electron chi connectivity index (χ3n) is 6.40. The summed E-state index contributed by atoms with van der Waals surface area (Å²) in [7, 11) is 0. The molecule has 0 spiro atoms. The van der Waals surface area contributed by atoms with Crippen LogP contribution in [0.4, 0.5) is 5.13 Å². The molecule has 4 aromatic rings. The molecule has 1 atom stereocenters. The number of Topliss-reactive ketones (excluding diaryl/α,β-unsaturated/α-hetero) is 1. The second kappa shape index (κ2) is 13.1. The maximum absolute atomic E-state index is 13.5. The van der Waals surface area contributed by atoms with Crippen molar-refractivity contribution in [3.05, 3.63) is 105 Å². The Morgan fingerprint density at radius 3 is 2.61 bits per heavy atom. The van der Waals surface area contributed by atoms with E-state index >= 15 is 0 Å². The van der Waals surface area contributed by atoms with Crippen LogP contribution in [0, 0.1) is 0 Å². The number of aromatic nitrogens is 2. The van der Waals surface area contributed by atoms with Crippen LogP contribution in [0.25, 0.3) is 5.76 Å². The number of ketones is 1. The Hall–Kier alpha value is -3.37. The van der Waals surface area contributed by atoms with E-state index in [1.807, 2.05) is 18.2 Å². The average molecular weight is 627 g/mol. The summed E-state index contributed by atoms with van der Waals surface area (Å²) in [6.07, 6.45) is 1.88. The molecule has 11 heteroatoms. The van der Waals surface area contributed by atoms with E-state index in [1.54, 1.807) is 54.6 Å². The lowest BCUT2D eigenvalue weighted by Crippen LogP contribution is -2.29. The standard InChI is InChI=1S/C30H25Cl2N3O4S2/c1-2-3-14-39-22-11-7-10-19(15-22)25-24(26(36)18-8-5-4-6-9-18)27(37)28(38)35(25)29-33-34-30(41-29)40-17-20-12-13-21(31)16-23(20)32/h4-13,15-16,25,36H,2-3,14,17H2,1H3. The zero-order valence-corrected chi connectivity index (χ0v) is 25.1. The van der Waals surface area contributed by atoms with E-state index in [9.17, 15) is 14.7 Å². The summed E-state index contributed by atoms with van der Waals surface area (Å²) in [5.74, 6) is -0.734. The van der Waals surface area contributed by atoms with Gasteiger partial charge in [0.1, 0.15) is 11.5 Å². The second-order valence-electron chi connectivity index (χ2n) is 9.18. The number of anilines is 1. The van der Waals surface area contributed by atoms with Crippen LogP contribution < -0.4 is 9.64 Å². The predicted octanol–water partition coefficient (Wildman–Crippen LogP) is 7.94. The maximum atomic E-state index is 13.5. The summed E-state index contributed by atoms with van der Waals surface area (Å²) in [6, 6.07) is 20.3. The van der Waals surface area contributed by atoms with E-state index in [1.165, 1.54) is 28.0 Å². The fourth-order valence-electron chi connectivity index (χ4n) is 4.34. The molecule has 7 nitrogen and oxygen atoms in total. The topological polar surface area (TPSA) is 92.6 Å². The van der Waals surface area contributed by atoms with Crippen molar-refractivity contribution in [1.82, 2.24) is 10.2 Å². The van der Waals surface area contributed by atoms with Gasteiger partial charge in [-0.15, -0.1) is 10.2 Å². The second-order valence-corrected chi connectivity index (χ2v) is 12.2. The first kappa shape index (κ1) is 29.1. The fraction of sp³-hybridized carbons (Fsp3) is 0.200. The Morgan fingerprint density at radius 1 is 1.05 bits per heavy atom. The first-order valence-corrected chi connectivity index (χ1v) is 15.4. The van der Waals surface area contributed by atoms with Crippen molar-refractivity contribution < 1.29 is 19.4 Å². The van der Waals surface area contributed by atoms with Crippen LogP contribution in [0.1, 0.15) is 42.5 Å². The highest BCUT2D eigenvalue weighted by Crippen LogP contribution is 2.44. The smallest absolute Gasteiger partial charge is 0.301 e. The lowest BCUT2D eigenvalue weighted by Gasteiger charge is -2.23. The Balaban J connectivity index is 1.52. The van der Waals surface area contributed by atoms with Gasteiger partial charge in [0.05, 0.1) is 18.2 Å². The van der Waals surface area contributed by atoms with E-state index < -0.39 is 17.7 Å². The number of aliphatic hydroxyl groups is 1. The SMILES string of the molecule is CCCCOc1cccc(C2C(=C(O)c3ccccc3)C(=O)C(=O)N2c2nnc(SCc3ccc(Cl)cc3Cl)s2)c1. The van der Waals surface area contributed by atoms with Crippen molar-refractivity contribution in [3.8, 4) is 5.75 Å². The molecule has 0 aliphatic carbocycles. The molecule has 2 heterocycles. The van der Waals surface area contributed by atoms with Gasteiger partial charge in [-0.3, -0.25) is 14.5 Å². The van der Waals surface area contributed by atoms with Crippen molar-refractivity contribution in [1.29, 1.82) is 0 Å². The average Bonchev–Trinajstić information content (AvgIpc) is 3.55. The molecule has 3 aromatic carbocycles.